The number of ether oxygens (including phenoxy) is 1. The van der Waals surface area contributed by atoms with E-state index in [1.165, 1.54) is 31.2 Å². The zero-order valence-corrected chi connectivity index (χ0v) is 16.5. The summed E-state index contributed by atoms with van der Waals surface area (Å²) in [6, 6.07) is 6.38. The molecule has 2 aromatic rings. The van der Waals surface area contributed by atoms with Crippen LogP contribution in [0.3, 0.4) is 0 Å². The van der Waals surface area contributed by atoms with Crippen LogP contribution in [0.5, 0.6) is 0 Å². The lowest BCUT2D eigenvalue weighted by Gasteiger charge is -2.47. The minimum Gasteiger partial charge on any atom is -0.375 e. The lowest BCUT2D eigenvalue weighted by atomic mass is 9.66. The van der Waals surface area contributed by atoms with Crippen molar-refractivity contribution >= 4 is 11.6 Å². The van der Waals surface area contributed by atoms with Crippen LogP contribution in [0, 0.1) is 0 Å². The van der Waals surface area contributed by atoms with Crippen LogP contribution in [-0.2, 0) is 16.7 Å². The van der Waals surface area contributed by atoms with E-state index >= 15 is 0 Å². The lowest BCUT2D eigenvalue weighted by molar-refractivity contribution is -0.103. The van der Waals surface area contributed by atoms with Gasteiger partial charge in [-0.1, -0.05) is 24.4 Å². The maximum absolute atomic E-state index is 6.33. The van der Waals surface area contributed by atoms with Crippen LogP contribution < -0.4 is 5.32 Å². The second-order valence-electron chi connectivity index (χ2n) is 8.12. The molecule has 4 rings (SSSR count). The summed E-state index contributed by atoms with van der Waals surface area (Å²) < 4.78 is 6.33. The van der Waals surface area contributed by atoms with E-state index in [1.807, 2.05) is 24.7 Å². The summed E-state index contributed by atoms with van der Waals surface area (Å²) in [5.41, 5.74) is 2.81. The van der Waals surface area contributed by atoms with Crippen LogP contribution >= 0.6 is 11.6 Å². The molecule has 2 aromatic heterocycles. The second kappa shape index (κ2) is 8.26. The van der Waals surface area contributed by atoms with Gasteiger partial charge in [-0.2, -0.15) is 0 Å². The van der Waals surface area contributed by atoms with Crippen LogP contribution in [0.1, 0.15) is 56.1 Å². The molecule has 1 atom stereocenters. The van der Waals surface area contributed by atoms with Gasteiger partial charge in [-0.15, -0.1) is 0 Å². The highest BCUT2D eigenvalue weighted by Crippen LogP contribution is 2.49. The number of halogens is 1. The van der Waals surface area contributed by atoms with Crippen molar-refractivity contribution in [2.45, 2.75) is 62.5 Å². The third-order valence-corrected chi connectivity index (χ3v) is 6.53. The zero-order chi connectivity index (χ0) is 18.6. The summed E-state index contributed by atoms with van der Waals surface area (Å²) in [5.74, 6) is 0. The molecule has 27 heavy (non-hydrogen) atoms. The number of aromatic nitrogens is 2. The fourth-order valence-electron chi connectivity index (χ4n) is 4.98. The Morgan fingerprint density at radius 2 is 1.89 bits per heavy atom. The molecule has 1 aliphatic heterocycles. The van der Waals surface area contributed by atoms with Gasteiger partial charge in [0.2, 0.25) is 0 Å². The molecule has 3 heterocycles. The van der Waals surface area contributed by atoms with Crippen molar-refractivity contribution in [2.75, 3.05) is 13.2 Å². The standard InChI is InChI=1S/C22H28ClN3O/c23-20-13-18(15-26-16-20)14-25-11-7-21(19-3-9-24-10-4-19)8-12-27-22(17-21)5-1-2-6-22/h3-4,9-10,13,15-16,25H,1-2,5-8,11-12,14,17H2/t21-/m0/s1. The molecule has 0 aromatic carbocycles. The van der Waals surface area contributed by atoms with Crippen molar-refractivity contribution in [1.29, 1.82) is 0 Å². The van der Waals surface area contributed by atoms with E-state index < -0.39 is 0 Å². The molecule has 1 saturated heterocycles. The summed E-state index contributed by atoms with van der Waals surface area (Å²) >= 11 is 6.04. The number of nitrogens with one attached hydrogen (secondary N) is 1. The van der Waals surface area contributed by atoms with Gasteiger partial charge in [-0.05, 0) is 68.0 Å². The smallest absolute Gasteiger partial charge is 0.0691 e. The van der Waals surface area contributed by atoms with Crippen molar-refractivity contribution in [2.24, 2.45) is 0 Å². The van der Waals surface area contributed by atoms with Crippen LogP contribution in [0.2, 0.25) is 5.02 Å². The van der Waals surface area contributed by atoms with E-state index in [-0.39, 0.29) is 11.0 Å². The van der Waals surface area contributed by atoms with Gasteiger partial charge in [0.25, 0.3) is 0 Å². The predicted molar refractivity (Wildman–Crippen MR) is 108 cm³/mol. The molecule has 5 heteroatoms. The first-order chi connectivity index (χ1) is 13.2. The maximum atomic E-state index is 6.33. The first kappa shape index (κ1) is 18.9. The van der Waals surface area contributed by atoms with Crippen LogP contribution in [0.4, 0.5) is 0 Å². The SMILES string of the molecule is Clc1cncc(CNCC[C@]2(c3ccncc3)CCOC3(CCCC3)C2)c1. The lowest BCUT2D eigenvalue weighted by Crippen LogP contribution is -2.47. The van der Waals surface area contributed by atoms with Crippen LogP contribution in [-0.4, -0.2) is 28.7 Å². The molecular weight excluding hydrogens is 358 g/mol. The summed E-state index contributed by atoms with van der Waals surface area (Å²) in [4.78, 5) is 8.41. The zero-order valence-electron chi connectivity index (χ0n) is 15.8. The average Bonchev–Trinajstić information content (AvgIpc) is 3.13. The minimum absolute atomic E-state index is 0.0956. The second-order valence-corrected chi connectivity index (χ2v) is 8.56. The van der Waals surface area contributed by atoms with E-state index in [0.717, 1.165) is 44.5 Å². The first-order valence-electron chi connectivity index (χ1n) is 10.0. The van der Waals surface area contributed by atoms with Gasteiger partial charge in [0.15, 0.2) is 0 Å². The normalized spacial score (nSPS) is 24.3. The van der Waals surface area contributed by atoms with E-state index in [1.54, 1.807) is 6.20 Å². The predicted octanol–water partition coefficient (Wildman–Crippen LogP) is 4.67. The van der Waals surface area contributed by atoms with Crippen LogP contribution in [0.15, 0.2) is 43.0 Å². The third-order valence-electron chi connectivity index (χ3n) is 6.33. The molecule has 0 bridgehead atoms. The Hall–Kier alpha value is -1.49. The van der Waals surface area contributed by atoms with Gasteiger partial charge in [0.1, 0.15) is 0 Å². The van der Waals surface area contributed by atoms with E-state index in [2.05, 4.69) is 27.4 Å². The Morgan fingerprint density at radius 3 is 2.67 bits per heavy atom. The quantitative estimate of drug-likeness (QED) is 0.734. The molecule has 144 valence electrons. The Balaban J connectivity index is 1.45. The molecule has 2 fully saturated rings. The summed E-state index contributed by atoms with van der Waals surface area (Å²) in [6.07, 6.45) is 15.7. The highest BCUT2D eigenvalue weighted by molar-refractivity contribution is 6.30. The van der Waals surface area contributed by atoms with Crippen molar-refractivity contribution in [3.05, 3.63) is 59.1 Å². The fourth-order valence-corrected chi connectivity index (χ4v) is 5.18. The van der Waals surface area contributed by atoms with Crippen LogP contribution in [0.25, 0.3) is 0 Å². The average molecular weight is 386 g/mol. The molecule has 0 amide bonds. The first-order valence-corrected chi connectivity index (χ1v) is 10.4. The monoisotopic (exact) mass is 385 g/mol. The fraction of sp³-hybridized carbons (Fsp3) is 0.545. The summed E-state index contributed by atoms with van der Waals surface area (Å²) in [7, 11) is 0. The van der Waals surface area contributed by atoms with E-state index in [0.29, 0.717) is 5.02 Å². The van der Waals surface area contributed by atoms with Crippen molar-refractivity contribution in [3.63, 3.8) is 0 Å². The van der Waals surface area contributed by atoms with Crippen molar-refractivity contribution in [3.8, 4) is 0 Å². The minimum atomic E-state index is 0.0956. The molecule has 1 saturated carbocycles. The van der Waals surface area contributed by atoms with Crippen molar-refractivity contribution in [1.82, 2.24) is 15.3 Å². The van der Waals surface area contributed by atoms with E-state index in [9.17, 15) is 0 Å². The highest BCUT2D eigenvalue weighted by Gasteiger charge is 2.47. The maximum Gasteiger partial charge on any atom is 0.0691 e. The largest absolute Gasteiger partial charge is 0.375 e. The number of nitrogens with zero attached hydrogens (tertiary/aromatic N) is 2. The molecule has 4 nitrogen and oxygen atoms in total. The number of hydrogen-bond acceptors (Lipinski definition) is 4. The van der Waals surface area contributed by atoms with Gasteiger partial charge >= 0.3 is 0 Å². The topological polar surface area (TPSA) is 47.0 Å². The van der Waals surface area contributed by atoms with Gasteiger partial charge in [0, 0.05) is 43.4 Å². The molecule has 1 N–H and O–H groups in total. The Bertz CT molecular complexity index is 748. The Labute approximate surface area is 166 Å². The van der Waals surface area contributed by atoms with Gasteiger partial charge < -0.3 is 10.1 Å². The van der Waals surface area contributed by atoms with E-state index in [4.69, 9.17) is 16.3 Å². The summed E-state index contributed by atoms with van der Waals surface area (Å²) in [6.45, 7) is 2.62. The van der Waals surface area contributed by atoms with Gasteiger partial charge in [-0.25, -0.2) is 0 Å². The number of rotatable bonds is 6. The highest BCUT2D eigenvalue weighted by atomic mass is 35.5. The Kier molecular flexibility index (Phi) is 5.76. The van der Waals surface area contributed by atoms with Crippen molar-refractivity contribution < 1.29 is 4.74 Å². The third kappa shape index (κ3) is 4.34. The molecule has 1 spiro atoms. The molecule has 1 aliphatic carbocycles. The molecule has 0 unspecified atom stereocenters. The Morgan fingerprint density at radius 1 is 1.07 bits per heavy atom. The van der Waals surface area contributed by atoms with Gasteiger partial charge in [0.05, 0.1) is 10.6 Å². The number of hydrogen-bond donors (Lipinski definition) is 1. The number of pyridine rings is 2. The molecule has 0 radical (unpaired) electrons. The molecule has 2 aliphatic rings. The summed E-state index contributed by atoms with van der Waals surface area (Å²) in [5, 5.41) is 4.28. The molecular formula is C22H28ClN3O. The van der Waals surface area contributed by atoms with Gasteiger partial charge in [-0.3, -0.25) is 9.97 Å².